The van der Waals surface area contributed by atoms with Gasteiger partial charge in [0, 0.05) is 24.9 Å². The topological polar surface area (TPSA) is 54.6 Å². The van der Waals surface area contributed by atoms with Crippen molar-refractivity contribution in [1.29, 1.82) is 0 Å². The average molecular weight is 377 g/mol. The molecule has 0 unspecified atom stereocenters. The molecule has 1 aromatic carbocycles. The maximum absolute atomic E-state index is 11.7. The first kappa shape index (κ1) is 17.8. The summed E-state index contributed by atoms with van der Waals surface area (Å²) in [4.78, 5) is 17.0. The van der Waals surface area contributed by atoms with Crippen molar-refractivity contribution in [3.8, 4) is 0 Å². The van der Waals surface area contributed by atoms with Gasteiger partial charge in [-0.25, -0.2) is 4.79 Å². The van der Waals surface area contributed by atoms with Crippen LogP contribution in [0.1, 0.15) is 12.5 Å². The van der Waals surface area contributed by atoms with E-state index in [1.807, 2.05) is 6.08 Å². The molecule has 5 nitrogen and oxygen atoms in total. The van der Waals surface area contributed by atoms with Crippen LogP contribution in [0, 0.1) is 3.95 Å². The summed E-state index contributed by atoms with van der Waals surface area (Å²) in [6, 6.07) is 8.36. The smallest absolute Gasteiger partial charge is 0.332 e. The predicted molar refractivity (Wildman–Crippen MR) is 103 cm³/mol. The minimum Gasteiger partial charge on any atom is -0.463 e. The Morgan fingerprint density at radius 3 is 2.76 bits per heavy atom. The fourth-order valence-corrected chi connectivity index (χ4v) is 3.78. The molecule has 0 spiro atoms. The largest absolute Gasteiger partial charge is 0.463 e. The van der Waals surface area contributed by atoms with Crippen LogP contribution in [-0.2, 0) is 14.3 Å². The van der Waals surface area contributed by atoms with Crippen LogP contribution < -0.4 is 14.8 Å². The molecule has 1 aromatic heterocycles. The van der Waals surface area contributed by atoms with E-state index >= 15 is 0 Å². The molecule has 7 heteroatoms. The Balaban J connectivity index is 1.88. The van der Waals surface area contributed by atoms with Crippen LogP contribution in [0.3, 0.4) is 0 Å². The Hall–Kier alpha value is -1.96. The lowest BCUT2D eigenvalue weighted by Crippen LogP contribution is -2.36. The van der Waals surface area contributed by atoms with Crippen LogP contribution in [-0.4, -0.2) is 43.9 Å². The molecule has 1 aliphatic heterocycles. The monoisotopic (exact) mass is 376 g/mol. The summed E-state index contributed by atoms with van der Waals surface area (Å²) < 4.78 is 11.9. The number of nitrogens with one attached hydrogen (secondary N) is 1. The number of carbonyl (C=O) groups is 1. The Kier molecular flexibility index (Phi) is 6.01. The number of carbonyl (C=O) groups excluding carboxylic acids is 1. The fraction of sp³-hybridized carbons (Fsp3) is 0.333. The number of benzene rings is 1. The third-order valence-corrected chi connectivity index (χ3v) is 5.02. The molecule has 2 aromatic rings. The first-order valence-electron chi connectivity index (χ1n) is 8.18. The average Bonchev–Trinajstić information content (AvgIpc) is 2.95. The maximum atomic E-state index is 11.7. The van der Waals surface area contributed by atoms with Crippen molar-refractivity contribution in [3.05, 3.63) is 43.7 Å². The summed E-state index contributed by atoms with van der Waals surface area (Å²) >= 11 is 6.65. The molecule has 0 atom stereocenters. The first-order chi connectivity index (χ1) is 12.2. The normalized spacial score (nSPS) is 16.3. The summed E-state index contributed by atoms with van der Waals surface area (Å²) in [6.45, 7) is 5.51. The maximum Gasteiger partial charge on any atom is 0.332 e. The molecule has 132 valence electrons. The summed E-state index contributed by atoms with van der Waals surface area (Å²) in [5, 5.41) is 0.686. The number of hydrogen-bond acceptors (Lipinski definition) is 6. The molecule has 2 heterocycles. The lowest BCUT2D eigenvalue weighted by molar-refractivity contribution is -0.135. The fourth-order valence-electron chi connectivity index (χ4n) is 2.62. The SMILES string of the molecule is CCOC(=O)/C=c1\[nH]c(=S)s\c1=C/c1ccc(N2CCOCC2)cc1. The molecule has 1 fully saturated rings. The van der Waals surface area contributed by atoms with Crippen molar-refractivity contribution >= 4 is 47.4 Å². The number of hydrogen-bond donors (Lipinski definition) is 1. The Labute approximate surface area is 155 Å². The number of aromatic nitrogens is 1. The molecule has 1 N–H and O–H groups in total. The van der Waals surface area contributed by atoms with E-state index < -0.39 is 0 Å². The van der Waals surface area contributed by atoms with Gasteiger partial charge in [0.15, 0.2) is 3.95 Å². The number of esters is 1. The highest BCUT2D eigenvalue weighted by atomic mass is 32.1. The molecule has 0 radical (unpaired) electrons. The zero-order valence-corrected chi connectivity index (χ0v) is 15.6. The minimum atomic E-state index is -0.371. The minimum absolute atomic E-state index is 0.349. The van der Waals surface area contributed by atoms with E-state index in [4.69, 9.17) is 21.7 Å². The van der Waals surface area contributed by atoms with Crippen molar-refractivity contribution in [2.24, 2.45) is 0 Å². The number of aromatic amines is 1. The van der Waals surface area contributed by atoms with Crippen molar-refractivity contribution in [3.63, 3.8) is 0 Å². The Bertz CT molecular complexity index is 894. The van der Waals surface area contributed by atoms with E-state index in [2.05, 4.69) is 34.1 Å². The van der Waals surface area contributed by atoms with Gasteiger partial charge in [0.05, 0.1) is 29.7 Å². The van der Waals surface area contributed by atoms with E-state index in [9.17, 15) is 4.79 Å². The molecule has 0 aliphatic carbocycles. The third kappa shape index (κ3) is 4.78. The molecule has 1 aliphatic rings. The number of anilines is 1. The van der Waals surface area contributed by atoms with Crippen molar-refractivity contribution < 1.29 is 14.3 Å². The first-order valence-corrected chi connectivity index (χ1v) is 9.40. The third-order valence-electron chi connectivity index (χ3n) is 3.82. The van der Waals surface area contributed by atoms with Gasteiger partial charge in [-0.3, -0.25) is 0 Å². The standard InChI is InChI=1S/C18H20N2O3S2/c1-2-23-17(21)12-15-16(25-18(24)19-15)11-13-3-5-14(6-4-13)20-7-9-22-10-8-20/h3-6,11-12H,2,7-10H2,1H3,(H,19,24)/b15-12-,16-11-. The molecule has 0 bridgehead atoms. The van der Waals surface area contributed by atoms with Gasteiger partial charge in [0.2, 0.25) is 0 Å². The molecular formula is C18H20N2O3S2. The highest BCUT2D eigenvalue weighted by Crippen LogP contribution is 2.16. The highest BCUT2D eigenvalue weighted by molar-refractivity contribution is 7.73. The van der Waals surface area contributed by atoms with Crippen LogP contribution in [0.25, 0.3) is 12.2 Å². The van der Waals surface area contributed by atoms with Crippen LogP contribution in [0.4, 0.5) is 5.69 Å². The van der Waals surface area contributed by atoms with Crippen LogP contribution in [0.15, 0.2) is 24.3 Å². The number of ether oxygens (including phenoxy) is 2. The molecule has 1 saturated heterocycles. The highest BCUT2D eigenvalue weighted by Gasteiger charge is 2.10. The van der Waals surface area contributed by atoms with Gasteiger partial charge in [-0.15, -0.1) is 11.3 Å². The number of H-pyrrole nitrogens is 1. The van der Waals surface area contributed by atoms with Crippen LogP contribution in [0.5, 0.6) is 0 Å². The molecule has 0 amide bonds. The van der Waals surface area contributed by atoms with Gasteiger partial charge >= 0.3 is 5.97 Å². The zero-order chi connectivity index (χ0) is 17.6. The Morgan fingerprint density at radius 1 is 1.36 bits per heavy atom. The number of thiazole rings is 1. The number of morpholine rings is 1. The predicted octanol–water partition coefficient (Wildman–Crippen LogP) is 1.81. The van der Waals surface area contributed by atoms with Crippen molar-refractivity contribution in [2.45, 2.75) is 6.92 Å². The van der Waals surface area contributed by atoms with E-state index in [1.165, 1.54) is 23.1 Å². The van der Waals surface area contributed by atoms with E-state index in [0.717, 1.165) is 36.4 Å². The van der Waals surface area contributed by atoms with Crippen molar-refractivity contribution in [2.75, 3.05) is 37.8 Å². The second-order valence-electron chi connectivity index (χ2n) is 5.52. The van der Waals surface area contributed by atoms with Crippen LogP contribution >= 0.6 is 23.6 Å². The number of rotatable bonds is 4. The quantitative estimate of drug-likeness (QED) is 0.652. The lowest BCUT2D eigenvalue weighted by Gasteiger charge is -2.28. The van der Waals surface area contributed by atoms with Gasteiger partial charge in [0.25, 0.3) is 0 Å². The van der Waals surface area contributed by atoms with Gasteiger partial charge in [0.1, 0.15) is 0 Å². The van der Waals surface area contributed by atoms with E-state index in [-0.39, 0.29) is 5.97 Å². The zero-order valence-electron chi connectivity index (χ0n) is 14.0. The second-order valence-corrected chi connectivity index (χ2v) is 7.24. The van der Waals surface area contributed by atoms with E-state index in [0.29, 0.717) is 15.9 Å². The van der Waals surface area contributed by atoms with Gasteiger partial charge in [-0.05, 0) is 42.9 Å². The second kappa shape index (κ2) is 8.42. The molecule has 3 rings (SSSR count). The summed E-state index contributed by atoms with van der Waals surface area (Å²) in [7, 11) is 0. The van der Waals surface area contributed by atoms with Gasteiger partial charge < -0.3 is 19.4 Å². The van der Waals surface area contributed by atoms with Crippen molar-refractivity contribution in [1.82, 2.24) is 4.98 Å². The molecule has 0 saturated carbocycles. The summed E-state index contributed by atoms with van der Waals surface area (Å²) in [6.07, 6.45) is 3.47. The number of nitrogens with zero attached hydrogens (tertiary/aromatic N) is 1. The van der Waals surface area contributed by atoms with E-state index in [1.54, 1.807) is 6.92 Å². The lowest BCUT2D eigenvalue weighted by atomic mass is 10.2. The Morgan fingerprint density at radius 2 is 2.08 bits per heavy atom. The van der Waals surface area contributed by atoms with Crippen LogP contribution in [0.2, 0.25) is 0 Å². The summed E-state index contributed by atoms with van der Waals surface area (Å²) in [5.74, 6) is -0.371. The van der Waals surface area contributed by atoms with Gasteiger partial charge in [-0.1, -0.05) is 12.1 Å². The molecule has 25 heavy (non-hydrogen) atoms. The molecular weight excluding hydrogens is 356 g/mol. The van der Waals surface area contributed by atoms with Gasteiger partial charge in [-0.2, -0.15) is 0 Å². The summed E-state index contributed by atoms with van der Waals surface area (Å²) in [5.41, 5.74) is 2.25.